The third kappa shape index (κ3) is 3.07. The molecule has 0 saturated heterocycles. The molecule has 3 aromatic heterocycles. The van der Waals surface area contributed by atoms with Crippen LogP contribution in [-0.2, 0) is 26.2 Å². The minimum absolute atomic E-state index is 0.746. The summed E-state index contributed by atoms with van der Waals surface area (Å²) in [6.07, 6.45) is 10.7. The number of hydrogen-bond acceptors (Lipinski definition) is 4. The molecule has 0 spiro atoms. The van der Waals surface area contributed by atoms with Crippen LogP contribution in [0.4, 0.5) is 0 Å². The lowest BCUT2D eigenvalue weighted by Gasteiger charge is -2.09. The number of aryl methyl sites for hydroxylation is 3. The van der Waals surface area contributed by atoms with Crippen LogP contribution in [-0.4, -0.2) is 35.7 Å². The van der Waals surface area contributed by atoms with Crippen molar-refractivity contribution in [1.82, 2.24) is 34.4 Å². The summed E-state index contributed by atoms with van der Waals surface area (Å²) in [4.78, 5) is 4.57. The lowest BCUT2D eigenvalue weighted by atomic mass is 10.3. The van der Waals surface area contributed by atoms with Crippen molar-refractivity contribution in [1.29, 1.82) is 0 Å². The van der Waals surface area contributed by atoms with E-state index >= 15 is 0 Å². The number of aromatic nitrogens is 6. The van der Waals surface area contributed by atoms with Crippen LogP contribution in [0.5, 0.6) is 0 Å². The van der Waals surface area contributed by atoms with Crippen LogP contribution in [0.3, 0.4) is 0 Å². The van der Waals surface area contributed by atoms with E-state index in [0.29, 0.717) is 0 Å². The minimum atomic E-state index is 0.746. The van der Waals surface area contributed by atoms with Crippen molar-refractivity contribution in [2.75, 3.05) is 6.54 Å². The maximum absolute atomic E-state index is 4.79. The van der Waals surface area contributed by atoms with Crippen molar-refractivity contribution < 1.29 is 0 Å². The molecule has 1 saturated carbocycles. The quantitative estimate of drug-likeness (QED) is 0.741. The Labute approximate surface area is 153 Å². The summed E-state index contributed by atoms with van der Waals surface area (Å²) >= 11 is 0. The van der Waals surface area contributed by atoms with Crippen LogP contribution in [0.25, 0.3) is 11.5 Å². The van der Waals surface area contributed by atoms with Crippen LogP contribution < -0.4 is 5.32 Å². The first kappa shape index (κ1) is 15.8. The van der Waals surface area contributed by atoms with Crippen LogP contribution >= 0.6 is 0 Å². The lowest BCUT2D eigenvalue weighted by molar-refractivity contribution is 0.513. The Morgan fingerprint density at radius 2 is 2.15 bits per heavy atom. The van der Waals surface area contributed by atoms with Gasteiger partial charge in [-0.25, -0.2) is 4.98 Å². The second-order valence-corrected chi connectivity index (χ2v) is 7.33. The van der Waals surface area contributed by atoms with E-state index in [1.54, 1.807) is 0 Å². The number of nitrogens with zero attached hydrogens (tertiary/aromatic N) is 6. The maximum Gasteiger partial charge on any atom is 0.160 e. The highest BCUT2D eigenvalue weighted by molar-refractivity contribution is 5.50. The molecule has 0 bridgehead atoms. The molecule has 3 aromatic rings. The smallest absolute Gasteiger partial charge is 0.160 e. The molecule has 0 atom stereocenters. The molecule has 26 heavy (non-hydrogen) atoms. The van der Waals surface area contributed by atoms with Gasteiger partial charge in [-0.1, -0.05) is 0 Å². The third-order valence-electron chi connectivity index (χ3n) is 5.35. The van der Waals surface area contributed by atoms with Crippen molar-refractivity contribution in [3.63, 3.8) is 0 Å². The third-order valence-corrected chi connectivity index (χ3v) is 5.35. The number of nitrogens with one attached hydrogen (secondary N) is 1. The van der Waals surface area contributed by atoms with Crippen LogP contribution in [0.15, 0.2) is 30.7 Å². The van der Waals surface area contributed by atoms with E-state index < -0.39 is 0 Å². The zero-order valence-electron chi connectivity index (χ0n) is 15.0. The summed E-state index contributed by atoms with van der Waals surface area (Å²) in [5.74, 6) is 1.71. The van der Waals surface area contributed by atoms with Gasteiger partial charge in [0.1, 0.15) is 5.69 Å². The van der Waals surface area contributed by atoms with E-state index in [-0.39, 0.29) is 0 Å². The highest BCUT2D eigenvalue weighted by Crippen LogP contribution is 2.39. The average molecular weight is 351 g/mol. The minimum Gasteiger partial charge on any atom is -0.330 e. The molecule has 1 N–H and O–H groups in total. The Hall–Kier alpha value is -2.41. The van der Waals surface area contributed by atoms with E-state index in [1.807, 2.05) is 12.4 Å². The van der Waals surface area contributed by atoms with E-state index in [1.165, 1.54) is 24.2 Å². The molecule has 0 aromatic carbocycles. The molecular weight excluding hydrogens is 326 g/mol. The fraction of sp³-hybridized carbons (Fsp3) is 0.526. The Morgan fingerprint density at radius 1 is 1.19 bits per heavy atom. The Kier molecular flexibility index (Phi) is 4.09. The number of hydrogen-bond donors (Lipinski definition) is 1. The summed E-state index contributed by atoms with van der Waals surface area (Å²) in [6, 6.07) is 4.35. The van der Waals surface area contributed by atoms with Gasteiger partial charge >= 0.3 is 0 Å². The fourth-order valence-electron chi connectivity index (χ4n) is 3.84. The summed E-state index contributed by atoms with van der Waals surface area (Å²) in [5, 5.41) is 12.7. The first-order valence-electron chi connectivity index (χ1n) is 9.69. The number of fused-ring (bicyclic) bond motifs is 1. The predicted octanol–water partition coefficient (Wildman–Crippen LogP) is 2.40. The van der Waals surface area contributed by atoms with Crippen molar-refractivity contribution in [3.05, 3.63) is 42.1 Å². The van der Waals surface area contributed by atoms with Gasteiger partial charge in [0.15, 0.2) is 5.82 Å². The molecule has 5 rings (SSSR count). The maximum atomic E-state index is 4.79. The molecule has 136 valence electrons. The molecule has 1 fully saturated rings. The Balaban J connectivity index is 1.28. The van der Waals surface area contributed by atoms with Crippen LogP contribution in [0.1, 0.15) is 43.0 Å². The zero-order chi connectivity index (χ0) is 17.3. The highest BCUT2D eigenvalue weighted by Gasteiger charge is 2.26. The van der Waals surface area contributed by atoms with Gasteiger partial charge in [-0.3, -0.25) is 9.36 Å². The second-order valence-electron chi connectivity index (χ2n) is 7.33. The van der Waals surface area contributed by atoms with Gasteiger partial charge in [-0.15, -0.1) is 0 Å². The molecule has 1 aliphatic heterocycles. The summed E-state index contributed by atoms with van der Waals surface area (Å²) < 4.78 is 6.52. The standard InChI is InChI=1S/C19H25N7/c1-6-20-14-16-13-17(23-25(16)10-1)19-21-8-12-24(19)9-2-11-26-18(5-7-22-26)15-3-4-15/h5,7-8,12-13,15,20H,1-4,6,9-11,14H2. The molecule has 0 unspecified atom stereocenters. The van der Waals surface area contributed by atoms with Gasteiger partial charge < -0.3 is 9.88 Å². The monoisotopic (exact) mass is 351 g/mol. The summed E-state index contributed by atoms with van der Waals surface area (Å²) in [5.41, 5.74) is 3.63. The second kappa shape index (κ2) is 6.72. The largest absolute Gasteiger partial charge is 0.330 e. The first-order valence-corrected chi connectivity index (χ1v) is 9.69. The summed E-state index contributed by atoms with van der Waals surface area (Å²) in [7, 11) is 0. The van der Waals surface area contributed by atoms with Crippen LogP contribution in [0, 0.1) is 0 Å². The van der Waals surface area contributed by atoms with E-state index in [9.17, 15) is 0 Å². The summed E-state index contributed by atoms with van der Waals surface area (Å²) in [6.45, 7) is 4.81. The van der Waals surface area contributed by atoms with Gasteiger partial charge in [0, 0.05) is 56.4 Å². The average Bonchev–Trinajstić information content (AvgIpc) is 3.09. The normalized spacial score (nSPS) is 17.2. The Bertz CT molecular complexity index is 860. The Morgan fingerprint density at radius 3 is 3.08 bits per heavy atom. The number of imidazole rings is 1. The zero-order valence-corrected chi connectivity index (χ0v) is 15.0. The van der Waals surface area contributed by atoms with Crippen molar-refractivity contribution in [3.8, 4) is 11.5 Å². The van der Waals surface area contributed by atoms with Gasteiger partial charge in [-0.2, -0.15) is 10.2 Å². The number of rotatable bonds is 6. The molecule has 7 heteroatoms. The van der Waals surface area contributed by atoms with Gasteiger partial charge in [-0.05, 0) is 44.4 Å². The fourth-order valence-corrected chi connectivity index (χ4v) is 3.84. The van der Waals surface area contributed by atoms with Crippen molar-refractivity contribution >= 4 is 0 Å². The molecule has 1 aliphatic carbocycles. The molecular formula is C19H25N7. The predicted molar refractivity (Wildman–Crippen MR) is 98.6 cm³/mol. The SMILES string of the molecule is c1cn(CCCn2nccc2C2CC2)c(-c2cc3n(n2)CCCNC3)n1. The molecule has 4 heterocycles. The molecule has 7 nitrogen and oxygen atoms in total. The topological polar surface area (TPSA) is 65.5 Å². The van der Waals surface area contributed by atoms with E-state index in [0.717, 1.165) is 63.0 Å². The van der Waals surface area contributed by atoms with Crippen molar-refractivity contribution in [2.45, 2.75) is 57.8 Å². The van der Waals surface area contributed by atoms with E-state index in [4.69, 9.17) is 5.10 Å². The molecule has 2 aliphatic rings. The van der Waals surface area contributed by atoms with Crippen LogP contribution in [0.2, 0.25) is 0 Å². The van der Waals surface area contributed by atoms with E-state index in [2.05, 4.69) is 47.7 Å². The van der Waals surface area contributed by atoms with Gasteiger partial charge in [0.25, 0.3) is 0 Å². The first-order chi connectivity index (χ1) is 12.9. The lowest BCUT2D eigenvalue weighted by Crippen LogP contribution is -2.11. The van der Waals surface area contributed by atoms with Gasteiger partial charge in [0.2, 0.25) is 0 Å². The highest BCUT2D eigenvalue weighted by atomic mass is 15.3. The van der Waals surface area contributed by atoms with Crippen molar-refractivity contribution in [2.24, 2.45) is 0 Å². The van der Waals surface area contributed by atoms with Gasteiger partial charge in [0.05, 0.1) is 5.69 Å². The molecule has 0 amide bonds. The molecule has 0 radical (unpaired) electrons.